The number of nitrogens with zero attached hydrogens (tertiary/aromatic N) is 6. The molecule has 0 bridgehead atoms. The minimum absolute atomic E-state index is 0.0135. The van der Waals surface area contributed by atoms with E-state index in [9.17, 15) is 4.79 Å². The van der Waals surface area contributed by atoms with Crippen molar-refractivity contribution in [1.29, 1.82) is 0 Å². The highest BCUT2D eigenvalue weighted by Crippen LogP contribution is 2.25. The monoisotopic (exact) mass is 391 g/mol. The van der Waals surface area contributed by atoms with Gasteiger partial charge in [0.1, 0.15) is 5.52 Å². The first-order valence-electron chi connectivity index (χ1n) is 9.62. The molecule has 148 valence electrons. The summed E-state index contributed by atoms with van der Waals surface area (Å²) < 4.78 is 8.92. The molecule has 9 nitrogen and oxygen atoms in total. The zero-order valence-electron chi connectivity index (χ0n) is 16.3. The molecule has 1 saturated heterocycles. The van der Waals surface area contributed by atoms with Crippen LogP contribution in [0.2, 0.25) is 0 Å². The molecule has 29 heavy (non-hydrogen) atoms. The van der Waals surface area contributed by atoms with Crippen LogP contribution in [0.4, 0.5) is 11.6 Å². The van der Waals surface area contributed by atoms with Gasteiger partial charge in [0.25, 0.3) is 0 Å². The number of nitrogens with one attached hydrogen (secondary N) is 1. The van der Waals surface area contributed by atoms with Crippen LogP contribution >= 0.6 is 0 Å². The number of rotatable bonds is 3. The van der Waals surface area contributed by atoms with Gasteiger partial charge in [-0.2, -0.15) is 4.98 Å². The summed E-state index contributed by atoms with van der Waals surface area (Å²) in [5.74, 6) is 0.430. The number of anilines is 2. The lowest BCUT2D eigenvalue weighted by Crippen LogP contribution is -2.31. The Hall–Kier alpha value is -3.33. The number of aromatic nitrogens is 6. The highest BCUT2D eigenvalue weighted by Gasteiger charge is 2.23. The van der Waals surface area contributed by atoms with Gasteiger partial charge in [0.05, 0.1) is 29.9 Å². The summed E-state index contributed by atoms with van der Waals surface area (Å²) >= 11 is 0. The Labute approximate surface area is 166 Å². The van der Waals surface area contributed by atoms with Gasteiger partial charge in [-0.05, 0) is 37.5 Å². The number of ether oxygens (including phenoxy) is 1. The summed E-state index contributed by atoms with van der Waals surface area (Å²) in [5, 5.41) is 3.27. The predicted molar refractivity (Wildman–Crippen MR) is 109 cm³/mol. The molecule has 0 aliphatic carbocycles. The van der Waals surface area contributed by atoms with E-state index in [1.807, 2.05) is 19.1 Å². The molecule has 1 aliphatic heterocycles. The second kappa shape index (κ2) is 6.93. The highest BCUT2D eigenvalue weighted by molar-refractivity contribution is 5.82. The molecule has 1 fully saturated rings. The molecule has 1 N–H and O–H groups in total. The quantitative estimate of drug-likeness (QED) is 0.573. The molecule has 4 aromatic rings. The normalized spacial score (nSPS) is 17.1. The highest BCUT2D eigenvalue weighted by atomic mass is 16.5. The van der Waals surface area contributed by atoms with Crippen LogP contribution in [0.1, 0.15) is 24.4 Å². The largest absolute Gasteiger partial charge is 0.379 e. The molecule has 5 rings (SSSR count). The maximum atomic E-state index is 12.8. The van der Waals surface area contributed by atoms with Gasteiger partial charge in [0, 0.05) is 31.7 Å². The van der Waals surface area contributed by atoms with Crippen LogP contribution in [0.15, 0.2) is 35.5 Å². The van der Waals surface area contributed by atoms with Crippen molar-refractivity contribution < 1.29 is 4.74 Å². The Kier molecular flexibility index (Phi) is 4.24. The summed E-state index contributed by atoms with van der Waals surface area (Å²) in [6.45, 7) is 3.25. The van der Waals surface area contributed by atoms with Gasteiger partial charge in [-0.25, -0.2) is 9.78 Å². The van der Waals surface area contributed by atoms with Crippen LogP contribution < -0.4 is 11.0 Å². The average Bonchev–Trinajstić information content (AvgIpc) is 2.99. The van der Waals surface area contributed by atoms with Gasteiger partial charge >= 0.3 is 5.69 Å². The van der Waals surface area contributed by atoms with Gasteiger partial charge in [-0.3, -0.25) is 19.1 Å². The molecule has 9 heteroatoms. The Morgan fingerprint density at radius 3 is 2.72 bits per heavy atom. The molecule has 4 heterocycles. The maximum Gasteiger partial charge on any atom is 0.330 e. The first-order chi connectivity index (χ1) is 14.1. The smallest absolute Gasteiger partial charge is 0.330 e. The van der Waals surface area contributed by atoms with Crippen LogP contribution in [0, 0.1) is 6.92 Å². The predicted octanol–water partition coefficient (Wildman–Crippen LogP) is 2.48. The fourth-order valence-corrected chi connectivity index (χ4v) is 3.82. The van der Waals surface area contributed by atoms with Crippen LogP contribution in [0.5, 0.6) is 0 Å². The first kappa shape index (κ1) is 17.7. The topological polar surface area (TPSA) is 99.8 Å². The van der Waals surface area contributed by atoms with E-state index in [1.54, 1.807) is 34.8 Å². The third kappa shape index (κ3) is 3.03. The van der Waals surface area contributed by atoms with E-state index in [0.717, 1.165) is 41.7 Å². The Bertz CT molecular complexity index is 1270. The van der Waals surface area contributed by atoms with E-state index >= 15 is 0 Å². The van der Waals surface area contributed by atoms with E-state index in [4.69, 9.17) is 4.74 Å². The Balaban J connectivity index is 1.58. The van der Waals surface area contributed by atoms with Gasteiger partial charge in [-0.15, -0.1) is 0 Å². The second-order valence-corrected chi connectivity index (χ2v) is 7.32. The van der Waals surface area contributed by atoms with Crippen molar-refractivity contribution in [2.45, 2.75) is 25.8 Å². The second-order valence-electron chi connectivity index (χ2n) is 7.32. The molecule has 1 aliphatic rings. The van der Waals surface area contributed by atoms with Crippen molar-refractivity contribution in [2.24, 2.45) is 7.05 Å². The van der Waals surface area contributed by atoms with Crippen molar-refractivity contribution in [3.05, 3.63) is 46.8 Å². The summed E-state index contributed by atoms with van der Waals surface area (Å²) in [6.07, 6.45) is 6.85. The molecular weight excluding hydrogens is 370 g/mol. The number of fused-ring (bicyclic) bond motifs is 2. The van der Waals surface area contributed by atoms with Crippen LogP contribution in [-0.2, 0) is 11.8 Å². The van der Waals surface area contributed by atoms with E-state index in [0.29, 0.717) is 23.7 Å². The zero-order valence-corrected chi connectivity index (χ0v) is 16.3. The molecule has 1 atom stereocenters. The number of benzene rings is 1. The SMILES string of the molecule is Cc1cc2nccnc2cc1Nc1ncc2c(n1)n([C@H]1CCCOC1)c(=O)n2C. The first-order valence-corrected chi connectivity index (χ1v) is 9.62. The third-order valence-electron chi connectivity index (χ3n) is 5.40. The lowest BCUT2D eigenvalue weighted by molar-refractivity contribution is 0.0591. The lowest BCUT2D eigenvalue weighted by Gasteiger charge is -2.22. The Morgan fingerprint density at radius 1 is 1.17 bits per heavy atom. The van der Waals surface area contributed by atoms with E-state index in [1.165, 1.54) is 0 Å². The molecule has 3 aromatic heterocycles. The van der Waals surface area contributed by atoms with Crippen LogP contribution in [0.25, 0.3) is 22.2 Å². The number of imidazole rings is 1. The summed E-state index contributed by atoms with van der Waals surface area (Å²) in [5.41, 5.74) is 4.70. The molecular formula is C20H21N7O2. The summed E-state index contributed by atoms with van der Waals surface area (Å²) in [6, 6.07) is 3.89. The average molecular weight is 391 g/mol. The summed E-state index contributed by atoms with van der Waals surface area (Å²) in [7, 11) is 1.74. The molecule has 0 unspecified atom stereocenters. The van der Waals surface area contributed by atoms with Gasteiger partial charge < -0.3 is 10.1 Å². The van der Waals surface area contributed by atoms with E-state index in [-0.39, 0.29) is 11.7 Å². The van der Waals surface area contributed by atoms with Crippen molar-refractivity contribution in [3.8, 4) is 0 Å². The van der Waals surface area contributed by atoms with E-state index < -0.39 is 0 Å². The minimum Gasteiger partial charge on any atom is -0.379 e. The zero-order chi connectivity index (χ0) is 20.0. The number of aryl methyl sites for hydroxylation is 2. The fourth-order valence-electron chi connectivity index (χ4n) is 3.82. The van der Waals surface area contributed by atoms with Crippen LogP contribution in [0.3, 0.4) is 0 Å². The van der Waals surface area contributed by atoms with Crippen LogP contribution in [-0.4, -0.2) is 42.3 Å². The number of hydrogen-bond donors (Lipinski definition) is 1. The Morgan fingerprint density at radius 2 is 1.97 bits per heavy atom. The molecule has 0 amide bonds. The maximum absolute atomic E-state index is 12.8. The van der Waals surface area contributed by atoms with Crippen molar-refractivity contribution in [1.82, 2.24) is 29.1 Å². The third-order valence-corrected chi connectivity index (χ3v) is 5.40. The lowest BCUT2D eigenvalue weighted by atomic mass is 10.1. The molecule has 0 spiro atoms. The van der Waals surface area contributed by atoms with Gasteiger partial charge in [-0.1, -0.05) is 0 Å². The van der Waals surface area contributed by atoms with Gasteiger partial charge in [0.2, 0.25) is 5.95 Å². The number of hydrogen-bond acceptors (Lipinski definition) is 7. The van der Waals surface area contributed by atoms with Crippen molar-refractivity contribution >= 4 is 33.8 Å². The fraction of sp³-hybridized carbons (Fsp3) is 0.350. The summed E-state index contributed by atoms with van der Waals surface area (Å²) in [4.78, 5) is 30.6. The minimum atomic E-state index is -0.0980. The van der Waals surface area contributed by atoms with Crippen molar-refractivity contribution in [2.75, 3.05) is 18.5 Å². The standard InChI is InChI=1S/C20H21N7O2/c1-12-8-15-16(22-6-5-21-15)9-14(12)24-19-23-10-17-18(25-19)27(20(28)26(17)2)13-4-3-7-29-11-13/h5-6,8-10,13H,3-4,7,11H2,1-2H3,(H,23,24,25)/t13-/m0/s1. The van der Waals surface area contributed by atoms with Gasteiger partial charge in [0.15, 0.2) is 5.65 Å². The van der Waals surface area contributed by atoms with E-state index in [2.05, 4.69) is 25.3 Å². The van der Waals surface area contributed by atoms with Crippen molar-refractivity contribution in [3.63, 3.8) is 0 Å². The molecule has 0 radical (unpaired) electrons. The molecule has 1 aromatic carbocycles. The molecule has 0 saturated carbocycles.